The Morgan fingerprint density at radius 3 is 2.62 bits per heavy atom. The summed E-state index contributed by atoms with van der Waals surface area (Å²) in [5.41, 5.74) is 3.74. The molecule has 6 heteroatoms. The predicted octanol–water partition coefficient (Wildman–Crippen LogP) is 3.38. The molecule has 0 atom stereocenters. The molecule has 1 N–H and O–H groups in total. The van der Waals surface area contributed by atoms with Gasteiger partial charge in [0.05, 0.1) is 35.6 Å². The lowest BCUT2D eigenvalue weighted by Crippen LogP contribution is -2.11. The number of nitrogens with zero attached hydrogens (tertiary/aromatic N) is 2. The van der Waals surface area contributed by atoms with E-state index in [0.717, 1.165) is 11.0 Å². The van der Waals surface area contributed by atoms with Crippen molar-refractivity contribution in [1.29, 1.82) is 0 Å². The first-order chi connectivity index (χ1) is 12.6. The second-order valence-corrected chi connectivity index (χ2v) is 5.58. The molecule has 1 aromatic heterocycles. The SMILES string of the molecule is COC(=O)c1cccc(NC(=O)/C=C/c2cnc3ccccc3n2)c1C. The first-order valence-electron chi connectivity index (χ1n) is 7.97. The summed E-state index contributed by atoms with van der Waals surface area (Å²) in [6, 6.07) is 12.6. The van der Waals surface area contributed by atoms with Crippen molar-refractivity contribution in [2.24, 2.45) is 0 Å². The van der Waals surface area contributed by atoms with Gasteiger partial charge in [-0.3, -0.25) is 9.78 Å². The lowest BCUT2D eigenvalue weighted by atomic mass is 10.1. The highest BCUT2D eigenvalue weighted by Crippen LogP contribution is 2.19. The molecule has 0 unspecified atom stereocenters. The summed E-state index contributed by atoms with van der Waals surface area (Å²) in [4.78, 5) is 32.6. The van der Waals surface area contributed by atoms with Gasteiger partial charge in [-0.1, -0.05) is 18.2 Å². The van der Waals surface area contributed by atoms with E-state index in [4.69, 9.17) is 4.74 Å². The maximum Gasteiger partial charge on any atom is 0.338 e. The Balaban J connectivity index is 1.76. The number of anilines is 1. The van der Waals surface area contributed by atoms with Gasteiger partial charge in [0.15, 0.2) is 0 Å². The van der Waals surface area contributed by atoms with Crippen LogP contribution in [-0.4, -0.2) is 29.0 Å². The Labute approximate surface area is 150 Å². The van der Waals surface area contributed by atoms with Crippen LogP contribution in [0.5, 0.6) is 0 Å². The molecule has 6 nitrogen and oxygen atoms in total. The highest BCUT2D eigenvalue weighted by Gasteiger charge is 2.12. The van der Waals surface area contributed by atoms with Crippen LogP contribution in [0, 0.1) is 6.92 Å². The van der Waals surface area contributed by atoms with Gasteiger partial charge in [0.1, 0.15) is 0 Å². The Kier molecular flexibility index (Phi) is 5.03. The molecule has 1 heterocycles. The van der Waals surface area contributed by atoms with E-state index in [1.807, 2.05) is 24.3 Å². The average molecular weight is 347 g/mol. The number of hydrogen-bond acceptors (Lipinski definition) is 5. The van der Waals surface area contributed by atoms with Crippen LogP contribution in [0.25, 0.3) is 17.1 Å². The van der Waals surface area contributed by atoms with Crippen LogP contribution >= 0.6 is 0 Å². The first kappa shape index (κ1) is 17.3. The van der Waals surface area contributed by atoms with Gasteiger partial charge in [0, 0.05) is 11.8 Å². The largest absolute Gasteiger partial charge is 0.465 e. The summed E-state index contributed by atoms with van der Waals surface area (Å²) in [5.74, 6) is -0.773. The van der Waals surface area contributed by atoms with Crippen molar-refractivity contribution in [2.45, 2.75) is 6.92 Å². The number of nitrogens with one attached hydrogen (secondary N) is 1. The van der Waals surface area contributed by atoms with Crippen LogP contribution in [-0.2, 0) is 9.53 Å². The van der Waals surface area contributed by atoms with Crippen LogP contribution in [0.15, 0.2) is 54.7 Å². The molecule has 0 radical (unpaired) electrons. The molecule has 0 spiro atoms. The molecular weight excluding hydrogens is 330 g/mol. The second-order valence-electron chi connectivity index (χ2n) is 5.58. The van der Waals surface area contributed by atoms with Crippen LogP contribution < -0.4 is 5.32 Å². The normalized spacial score (nSPS) is 10.8. The molecule has 0 aliphatic heterocycles. The Morgan fingerprint density at radius 1 is 1.08 bits per heavy atom. The molecule has 2 aromatic carbocycles. The van der Waals surface area contributed by atoms with Crippen LogP contribution in [0.2, 0.25) is 0 Å². The molecule has 3 aromatic rings. The molecular formula is C20H17N3O3. The summed E-state index contributed by atoms with van der Waals surface area (Å²) in [7, 11) is 1.32. The van der Waals surface area contributed by atoms with Gasteiger partial charge in [0.2, 0.25) is 5.91 Å². The van der Waals surface area contributed by atoms with E-state index < -0.39 is 5.97 Å². The van der Waals surface area contributed by atoms with E-state index in [0.29, 0.717) is 22.5 Å². The number of esters is 1. The first-order valence-corrected chi connectivity index (χ1v) is 7.97. The van der Waals surface area contributed by atoms with Gasteiger partial charge in [-0.15, -0.1) is 0 Å². The number of amides is 1. The van der Waals surface area contributed by atoms with Gasteiger partial charge in [-0.25, -0.2) is 9.78 Å². The average Bonchev–Trinajstić information content (AvgIpc) is 2.67. The Bertz CT molecular complexity index is 1010. The maximum absolute atomic E-state index is 12.2. The third kappa shape index (κ3) is 3.75. The number of carbonyl (C=O) groups is 2. The summed E-state index contributed by atoms with van der Waals surface area (Å²) < 4.78 is 4.74. The predicted molar refractivity (Wildman–Crippen MR) is 99.7 cm³/mol. The van der Waals surface area contributed by atoms with Gasteiger partial charge < -0.3 is 10.1 Å². The number of hydrogen-bond donors (Lipinski definition) is 1. The lowest BCUT2D eigenvalue weighted by molar-refractivity contribution is -0.111. The number of benzene rings is 2. The number of methoxy groups -OCH3 is 1. The summed E-state index contributed by atoms with van der Waals surface area (Å²) >= 11 is 0. The quantitative estimate of drug-likeness (QED) is 0.578. The van der Waals surface area contributed by atoms with E-state index in [2.05, 4.69) is 15.3 Å². The fraction of sp³-hybridized carbons (Fsp3) is 0.100. The van der Waals surface area contributed by atoms with E-state index in [-0.39, 0.29) is 5.91 Å². The maximum atomic E-state index is 12.2. The molecule has 0 aliphatic carbocycles. The van der Waals surface area contributed by atoms with Gasteiger partial charge in [-0.2, -0.15) is 0 Å². The van der Waals surface area contributed by atoms with Crippen LogP contribution in [0.4, 0.5) is 5.69 Å². The van der Waals surface area contributed by atoms with Gasteiger partial charge in [-0.05, 0) is 42.8 Å². The van der Waals surface area contributed by atoms with Crippen molar-refractivity contribution in [3.8, 4) is 0 Å². The minimum atomic E-state index is -0.444. The van der Waals surface area contributed by atoms with E-state index in [9.17, 15) is 9.59 Å². The summed E-state index contributed by atoms with van der Waals surface area (Å²) in [5, 5.41) is 2.76. The molecule has 0 bridgehead atoms. The molecule has 0 fully saturated rings. The number of fused-ring (bicyclic) bond motifs is 1. The molecule has 0 saturated carbocycles. The van der Waals surface area contributed by atoms with Crippen LogP contribution in [0.3, 0.4) is 0 Å². The van der Waals surface area contributed by atoms with Gasteiger partial charge >= 0.3 is 5.97 Å². The van der Waals surface area contributed by atoms with E-state index in [1.165, 1.54) is 13.2 Å². The van der Waals surface area contributed by atoms with E-state index >= 15 is 0 Å². The zero-order valence-corrected chi connectivity index (χ0v) is 14.4. The lowest BCUT2D eigenvalue weighted by Gasteiger charge is -2.10. The van der Waals surface area contributed by atoms with Gasteiger partial charge in [0.25, 0.3) is 0 Å². The van der Waals surface area contributed by atoms with Crippen molar-refractivity contribution < 1.29 is 14.3 Å². The van der Waals surface area contributed by atoms with Crippen molar-refractivity contribution >= 4 is 34.7 Å². The Morgan fingerprint density at radius 2 is 1.85 bits per heavy atom. The number of rotatable bonds is 4. The summed E-state index contributed by atoms with van der Waals surface area (Å²) in [6.07, 6.45) is 4.58. The fourth-order valence-electron chi connectivity index (χ4n) is 2.49. The molecule has 3 rings (SSSR count). The smallest absolute Gasteiger partial charge is 0.338 e. The van der Waals surface area contributed by atoms with Crippen molar-refractivity contribution in [1.82, 2.24) is 9.97 Å². The topological polar surface area (TPSA) is 81.2 Å². The third-order valence-electron chi connectivity index (χ3n) is 3.87. The standard InChI is InChI=1S/C20H17N3O3/c1-13-15(20(25)26-2)6-5-9-16(13)23-19(24)11-10-14-12-21-17-7-3-4-8-18(17)22-14/h3-12H,1-2H3,(H,23,24)/b11-10+. The zero-order chi connectivity index (χ0) is 18.5. The Hall–Kier alpha value is -3.54. The number of ether oxygens (including phenoxy) is 1. The van der Waals surface area contributed by atoms with Crippen LogP contribution in [0.1, 0.15) is 21.6 Å². The van der Waals surface area contributed by atoms with Crippen molar-refractivity contribution in [2.75, 3.05) is 12.4 Å². The fourth-order valence-corrected chi connectivity index (χ4v) is 2.49. The zero-order valence-electron chi connectivity index (χ0n) is 14.4. The molecule has 0 saturated heterocycles. The molecule has 1 amide bonds. The molecule has 26 heavy (non-hydrogen) atoms. The minimum absolute atomic E-state index is 0.329. The highest BCUT2D eigenvalue weighted by molar-refractivity contribution is 6.03. The number of aromatic nitrogens is 2. The molecule has 0 aliphatic rings. The van der Waals surface area contributed by atoms with Crippen molar-refractivity contribution in [3.05, 3.63) is 71.6 Å². The monoisotopic (exact) mass is 347 g/mol. The molecule has 130 valence electrons. The van der Waals surface area contributed by atoms with Crippen molar-refractivity contribution in [3.63, 3.8) is 0 Å². The second kappa shape index (κ2) is 7.57. The minimum Gasteiger partial charge on any atom is -0.465 e. The van der Waals surface area contributed by atoms with E-state index in [1.54, 1.807) is 37.4 Å². The highest BCUT2D eigenvalue weighted by atomic mass is 16.5. The number of para-hydroxylation sites is 2. The number of carbonyl (C=O) groups excluding carboxylic acids is 2. The third-order valence-corrected chi connectivity index (χ3v) is 3.87. The summed E-state index contributed by atoms with van der Waals surface area (Å²) in [6.45, 7) is 1.75.